The van der Waals surface area contributed by atoms with Gasteiger partial charge < -0.3 is 5.73 Å². The highest BCUT2D eigenvalue weighted by atomic mass is 19.1. The number of halogens is 2. The fourth-order valence-electron chi connectivity index (χ4n) is 4.56. The smallest absolute Gasteiger partial charge is 0.242 e. The third kappa shape index (κ3) is 3.37. The number of benzene rings is 1. The van der Waals surface area contributed by atoms with Crippen molar-refractivity contribution in [1.29, 1.82) is 0 Å². The molecule has 0 radical (unpaired) electrons. The minimum absolute atomic E-state index is 0.123. The van der Waals surface area contributed by atoms with Crippen molar-refractivity contribution in [2.75, 3.05) is 13.1 Å². The molecule has 0 saturated carbocycles. The summed E-state index contributed by atoms with van der Waals surface area (Å²) >= 11 is 0. The number of pyridine rings is 1. The van der Waals surface area contributed by atoms with Crippen LogP contribution < -0.4 is 5.73 Å². The first-order valence-corrected chi connectivity index (χ1v) is 10.7. The second-order valence-electron chi connectivity index (χ2n) is 8.54. The molecule has 5 rings (SSSR count). The molecule has 10 heteroatoms. The second kappa shape index (κ2) is 7.73. The number of fused-ring (bicyclic) bond motifs is 1. The fraction of sp³-hybridized carbons (Fsp3) is 0.304. The zero-order valence-electron chi connectivity index (χ0n) is 18.3. The Morgan fingerprint density at radius 2 is 1.85 bits per heavy atom. The number of aromatic nitrogens is 5. The number of primary amides is 1. The van der Waals surface area contributed by atoms with E-state index in [9.17, 15) is 4.79 Å². The van der Waals surface area contributed by atoms with Crippen molar-refractivity contribution < 1.29 is 13.6 Å². The third-order valence-corrected chi connectivity index (χ3v) is 6.50. The van der Waals surface area contributed by atoms with Crippen molar-refractivity contribution in [2.24, 2.45) is 12.8 Å². The van der Waals surface area contributed by atoms with Crippen LogP contribution in [0.2, 0.25) is 0 Å². The first-order valence-electron chi connectivity index (χ1n) is 10.7. The number of hydrogen-bond donors (Lipinski definition) is 2. The molecule has 1 aliphatic heterocycles. The lowest BCUT2D eigenvalue weighted by atomic mass is 9.88. The van der Waals surface area contributed by atoms with Gasteiger partial charge in [-0.1, -0.05) is 0 Å². The second-order valence-corrected chi connectivity index (χ2v) is 8.54. The molecule has 1 unspecified atom stereocenters. The largest absolute Gasteiger partial charge is 0.368 e. The number of H-pyrrole nitrogens is 1. The van der Waals surface area contributed by atoms with Gasteiger partial charge in [-0.25, -0.2) is 8.78 Å². The minimum Gasteiger partial charge on any atom is -0.368 e. The van der Waals surface area contributed by atoms with Crippen LogP contribution in [-0.4, -0.2) is 48.9 Å². The number of rotatable bonds is 5. The summed E-state index contributed by atoms with van der Waals surface area (Å²) in [7, 11) is 1.79. The van der Waals surface area contributed by atoms with Crippen molar-refractivity contribution in [1.82, 2.24) is 29.9 Å². The predicted molar refractivity (Wildman–Crippen MR) is 119 cm³/mol. The molecule has 0 bridgehead atoms. The monoisotopic (exact) mass is 451 g/mol. The van der Waals surface area contributed by atoms with Crippen molar-refractivity contribution in [2.45, 2.75) is 25.3 Å². The van der Waals surface area contributed by atoms with Crippen LogP contribution in [-0.2, 0) is 17.4 Å². The normalized spacial score (nSPS) is 16.4. The van der Waals surface area contributed by atoms with Crippen molar-refractivity contribution >= 4 is 16.8 Å². The highest BCUT2D eigenvalue weighted by molar-refractivity contribution is 5.94. The van der Waals surface area contributed by atoms with Crippen LogP contribution in [0.15, 0.2) is 36.8 Å². The van der Waals surface area contributed by atoms with Crippen LogP contribution in [0.5, 0.6) is 0 Å². The maximum absolute atomic E-state index is 15.3. The van der Waals surface area contributed by atoms with Gasteiger partial charge in [0, 0.05) is 24.2 Å². The topological polar surface area (TPSA) is 106 Å². The van der Waals surface area contributed by atoms with Gasteiger partial charge in [-0.05, 0) is 56.6 Å². The summed E-state index contributed by atoms with van der Waals surface area (Å²) in [4.78, 5) is 18.5. The van der Waals surface area contributed by atoms with E-state index in [1.54, 1.807) is 37.1 Å². The van der Waals surface area contributed by atoms with E-state index in [2.05, 4.69) is 20.3 Å². The van der Waals surface area contributed by atoms with Crippen LogP contribution >= 0.6 is 0 Å². The molecule has 4 aromatic rings. The summed E-state index contributed by atoms with van der Waals surface area (Å²) < 4.78 is 32.3. The van der Waals surface area contributed by atoms with Crippen molar-refractivity contribution in [3.05, 3.63) is 54.0 Å². The Morgan fingerprint density at radius 1 is 1.15 bits per heavy atom. The number of aromatic amines is 1. The molecular weight excluding hydrogens is 428 g/mol. The molecule has 170 valence electrons. The van der Waals surface area contributed by atoms with Crippen molar-refractivity contribution in [3.63, 3.8) is 0 Å². The Labute approximate surface area is 188 Å². The Hall–Kier alpha value is -3.66. The van der Waals surface area contributed by atoms with Gasteiger partial charge in [0.2, 0.25) is 5.91 Å². The highest BCUT2D eigenvalue weighted by Crippen LogP contribution is 2.36. The summed E-state index contributed by atoms with van der Waals surface area (Å²) in [6.07, 6.45) is 6.76. The Kier molecular flexibility index (Phi) is 4.97. The fourth-order valence-corrected chi connectivity index (χ4v) is 4.56. The number of nitrogens with two attached hydrogens (primary N) is 1. The molecule has 0 spiro atoms. The average Bonchev–Trinajstić information content (AvgIpc) is 3.53. The van der Waals surface area contributed by atoms with Crippen LogP contribution in [0, 0.1) is 11.6 Å². The molecule has 4 heterocycles. The van der Waals surface area contributed by atoms with E-state index in [-0.39, 0.29) is 16.8 Å². The van der Waals surface area contributed by atoms with E-state index in [0.29, 0.717) is 29.7 Å². The number of carbonyl (C=O) groups excluding carboxylic acids is 1. The average molecular weight is 451 g/mol. The molecule has 3 N–H and O–H groups in total. The number of carbonyl (C=O) groups is 1. The Balaban J connectivity index is 1.61. The maximum atomic E-state index is 15.3. The van der Waals surface area contributed by atoms with Crippen LogP contribution in [0.3, 0.4) is 0 Å². The van der Waals surface area contributed by atoms with Crippen LogP contribution in [0.4, 0.5) is 8.78 Å². The number of likely N-dealkylation sites (tertiary alicyclic amines) is 1. The molecular formula is C23H23F2N7O. The molecule has 8 nitrogen and oxygen atoms in total. The van der Waals surface area contributed by atoms with E-state index >= 15 is 8.78 Å². The SMILES string of the molecule is Cn1cc(-c2n[nH]c3cnc(-c4c(F)cc(C(C)(C(N)=O)N5CCCC5)cc4F)cc23)cn1. The van der Waals surface area contributed by atoms with Gasteiger partial charge >= 0.3 is 0 Å². The van der Waals surface area contributed by atoms with E-state index in [4.69, 9.17) is 5.73 Å². The van der Waals surface area contributed by atoms with Crippen LogP contribution in [0.25, 0.3) is 33.4 Å². The van der Waals surface area contributed by atoms with Gasteiger partial charge in [0.1, 0.15) is 22.9 Å². The predicted octanol–water partition coefficient (Wildman–Crippen LogP) is 3.10. The quantitative estimate of drug-likeness (QED) is 0.485. The first-order chi connectivity index (χ1) is 15.8. The molecule has 1 fully saturated rings. The molecule has 33 heavy (non-hydrogen) atoms. The zero-order chi connectivity index (χ0) is 23.3. The summed E-state index contributed by atoms with van der Waals surface area (Å²) in [5.74, 6) is -2.26. The van der Waals surface area contributed by atoms with Gasteiger partial charge in [0.15, 0.2) is 0 Å². The Morgan fingerprint density at radius 3 is 2.45 bits per heavy atom. The van der Waals surface area contributed by atoms with E-state index in [0.717, 1.165) is 18.4 Å². The summed E-state index contributed by atoms with van der Waals surface area (Å²) in [5.41, 5.74) is 6.44. The van der Waals surface area contributed by atoms with E-state index < -0.39 is 23.1 Å². The molecule has 1 atom stereocenters. The summed E-state index contributed by atoms with van der Waals surface area (Å²) in [5, 5.41) is 12.0. The number of hydrogen-bond acceptors (Lipinski definition) is 5. The standard InChI is InChI=1S/C23H23F2N7O/c1-23(22(26)33,32-5-3-4-6-32)14-7-16(24)20(17(25)8-14)18-9-15-19(11-27-18)29-30-21(15)13-10-28-31(2)12-13/h7-12H,3-6H2,1-2H3,(H2,26,33)(H,29,30). The number of amides is 1. The van der Waals surface area contributed by atoms with Gasteiger partial charge in [-0.2, -0.15) is 10.2 Å². The van der Waals surface area contributed by atoms with E-state index in [1.807, 2.05) is 4.90 Å². The lowest BCUT2D eigenvalue weighted by Crippen LogP contribution is -2.51. The summed E-state index contributed by atoms with van der Waals surface area (Å²) in [6.45, 7) is 2.89. The van der Waals surface area contributed by atoms with Gasteiger partial charge in [0.05, 0.1) is 29.2 Å². The zero-order valence-corrected chi connectivity index (χ0v) is 18.3. The first kappa shape index (κ1) is 21.2. The van der Waals surface area contributed by atoms with Gasteiger partial charge in [0.25, 0.3) is 0 Å². The molecule has 0 aliphatic carbocycles. The Bertz CT molecular complexity index is 1350. The summed E-state index contributed by atoms with van der Waals surface area (Å²) in [6, 6.07) is 3.96. The molecule has 1 aliphatic rings. The molecule has 1 aromatic carbocycles. The lowest BCUT2D eigenvalue weighted by molar-refractivity contribution is -0.129. The lowest BCUT2D eigenvalue weighted by Gasteiger charge is -2.36. The van der Waals surface area contributed by atoms with E-state index in [1.165, 1.54) is 18.3 Å². The number of nitrogens with zero attached hydrogens (tertiary/aromatic N) is 5. The van der Waals surface area contributed by atoms with Crippen molar-refractivity contribution in [3.8, 4) is 22.5 Å². The number of aryl methyl sites for hydroxylation is 1. The van der Waals surface area contributed by atoms with Gasteiger partial charge in [-0.3, -0.25) is 24.5 Å². The molecule has 1 saturated heterocycles. The van der Waals surface area contributed by atoms with Crippen LogP contribution in [0.1, 0.15) is 25.3 Å². The van der Waals surface area contributed by atoms with Gasteiger partial charge in [-0.15, -0.1) is 0 Å². The minimum atomic E-state index is -1.30. The number of nitrogens with one attached hydrogen (secondary N) is 1. The molecule has 3 aromatic heterocycles. The maximum Gasteiger partial charge on any atom is 0.242 e. The highest BCUT2D eigenvalue weighted by Gasteiger charge is 2.41. The third-order valence-electron chi connectivity index (χ3n) is 6.50. The molecule has 1 amide bonds.